The topological polar surface area (TPSA) is 74.2 Å². The molecule has 11 heteroatoms. The molecule has 0 radical (unpaired) electrons. The van der Waals surface area contributed by atoms with Crippen LogP contribution in [0.15, 0.2) is 47.6 Å². The van der Waals surface area contributed by atoms with Gasteiger partial charge in [-0.1, -0.05) is 43.6 Å². The van der Waals surface area contributed by atoms with Crippen LogP contribution in [0.5, 0.6) is 5.75 Å². The Morgan fingerprint density at radius 3 is 2.60 bits per heavy atom. The number of carboxylic acids is 1. The number of aliphatic carboxylic acids is 1. The maximum Gasteiger partial charge on any atom is 0.416 e. The van der Waals surface area contributed by atoms with Crippen LogP contribution in [0.1, 0.15) is 49.8 Å². The van der Waals surface area contributed by atoms with Gasteiger partial charge in [-0.2, -0.15) is 13.2 Å². The van der Waals surface area contributed by atoms with Gasteiger partial charge in [0.15, 0.2) is 0 Å². The van der Waals surface area contributed by atoms with Gasteiger partial charge in [-0.15, -0.1) is 0 Å². The molecule has 3 rings (SSSR count). The van der Waals surface area contributed by atoms with E-state index in [1.54, 1.807) is 18.3 Å². The van der Waals surface area contributed by atoms with Crippen molar-refractivity contribution in [1.82, 2.24) is 10.2 Å². The summed E-state index contributed by atoms with van der Waals surface area (Å²) in [6.07, 6.45) is -2.35. The molecule has 2 aromatic carbocycles. The third-order valence-electron chi connectivity index (χ3n) is 6.58. The van der Waals surface area contributed by atoms with Gasteiger partial charge in [-0.05, 0) is 49.1 Å². The number of rotatable bonds is 13. The molecule has 1 atom stereocenters. The highest BCUT2D eigenvalue weighted by molar-refractivity contribution is 6.33. The lowest BCUT2D eigenvalue weighted by molar-refractivity contribution is -0.138. The molecule has 2 N–H and O–H groups in total. The summed E-state index contributed by atoms with van der Waals surface area (Å²) in [4.78, 5) is 17.3. The monoisotopic (exact) mass is 583 g/mol. The highest BCUT2D eigenvalue weighted by Gasteiger charge is 2.35. The van der Waals surface area contributed by atoms with E-state index in [1.807, 2.05) is 24.8 Å². The number of benzene rings is 2. The molecule has 1 heterocycles. The molecule has 0 amide bonds. The molecule has 40 heavy (non-hydrogen) atoms. The van der Waals surface area contributed by atoms with Gasteiger partial charge in [0.05, 0.1) is 17.7 Å². The van der Waals surface area contributed by atoms with Crippen LogP contribution >= 0.6 is 11.6 Å². The fourth-order valence-corrected chi connectivity index (χ4v) is 5.06. The van der Waals surface area contributed by atoms with Gasteiger partial charge in [0.1, 0.15) is 17.4 Å². The van der Waals surface area contributed by atoms with E-state index in [1.165, 1.54) is 7.11 Å². The molecule has 218 valence electrons. The van der Waals surface area contributed by atoms with E-state index in [0.717, 1.165) is 30.2 Å². The number of nitrogens with one attached hydrogen (secondary N) is 1. The lowest BCUT2D eigenvalue weighted by atomic mass is 9.98. The zero-order valence-electron chi connectivity index (χ0n) is 22.7. The number of methoxy groups -OCH3 is 1. The van der Waals surface area contributed by atoms with Gasteiger partial charge in [0.2, 0.25) is 0 Å². The van der Waals surface area contributed by atoms with Gasteiger partial charge in [0, 0.05) is 49.3 Å². The number of nitrogens with zero attached hydrogens (tertiary/aromatic N) is 2. The minimum absolute atomic E-state index is 0.0204. The van der Waals surface area contributed by atoms with Crippen molar-refractivity contribution in [3.05, 3.63) is 70.1 Å². The second kappa shape index (κ2) is 14.0. The molecular formula is C29H34ClF4N3O3. The molecule has 0 saturated carbocycles. The number of aliphatic imine (C=N–C) groups is 1. The van der Waals surface area contributed by atoms with Crippen molar-refractivity contribution < 1.29 is 32.2 Å². The smallest absolute Gasteiger partial charge is 0.416 e. The van der Waals surface area contributed by atoms with Gasteiger partial charge in [-0.3, -0.25) is 4.79 Å². The predicted molar refractivity (Wildman–Crippen MR) is 148 cm³/mol. The number of halogens is 5. The Hall–Kier alpha value is -3.11. The number of ether oxygens (including phenoxy) is 1. The van der Waals surface area contributed by atoms with Crippen LogP contribution in [-0.2, 0) is 17.4 Å². The van der Waals surface area contributed by atoms with Gasteiger partial charge < -0.3 is 20.1 Å². The van der Waals surface area contributed by atoms with Crippen LogP contribution in [0.4, 0.5) is 17.6 Å². The summed E-state index contributed by atoms with van der Waals surface area (Å²) >= 11 is 6.56. The van der Waals surface area contributed by atoms with E-state index in [2.05, 4.69) is 10.3 Å². The van der Waals surface area contributed by atoms with E-state index >= 15 is 0 Å². The van der Waals surface area contributed by atoms with Crippen molar-refractivity contribution in [2.24, 2.45) is 10.9 Å². The lowest BCUT2D eigenvalue weighted by Crippen LogP contribution is -2.46. The Morgan fingerprint density at radius 2 is 1.95 bits per heavy atom. The number of alkyl halides is 3. The molecule has 0 spiro atoms. The summed E-state index contributed by atoms with van der Waals surface area (Å²) in [5.74, 6) is -0.787. The molecular weight excluding hydrogens is 550 g/mol. The van der Waals surface area contributed by atoms with Crippen LogP contribution in [0.3, 0.4) is 0 Å². The van der Waals surface area contributed by atoms with Crippen LogP contribution in [0.2, 0.25) is 5.02 Å². The highest BCUT2D eigenvalue weighted by atomic mass is 35.5. The first-order valence-electron chi connectivity index (χ1n) is 13.0. The number of carboxylic acid groups (broad SMARTS) is 1. The summed E-state index contributed by atoms with van der Waals surface area (Å²) in [7, 11) is 1.50. The first-order chi connectivity index (χ1) is 18.9. The Labute approximate surface area is 236 Å². The quantitative estimate of drug-likeness (QED) is 0.203. The van der Waals surface area contributed by atoms with Gasteiger partial charge in [-0.25, -0.2) is 9.38 Å². The maximum atomic E-state index is 14.8. The Kier molecular flexibility index (Phi) is 11.0. The normalized spacial score (nSPS) is 14.7. The third-order valence-corrected chi connectivity index (χ3v) is 6.97. The number of hydrogen-bond donors (Lipinski definition) is 2. The van der Waals surface area contributed by atoms with Crippen molar-refractivity contribution in [2.75, 3.05) is 26.7 Å². The molecule has 1 aliphatic heterocycles. The Bertz CT molecular complexity index is 1250. The van der Waals surface area contributed by atoms with Gasteiger partial charge >= 0.3 is 12.1 Å². The summed E-state index contributed by atoms with van der Waals surface area (Å²) < 4.78 is 61.4. The van der Waals surface area contributed by atoms with Crippen LogP contribution in [0.25, 0.3) is 5.57 Å². The molecule has 0 aliphatic carbocycles. The Morgan fingerprint density at radius 1 is 1.23 bits per heavy atom. The second-order valence-electron chi connectivity index (χ2n) is 10.1. The Balaban J connectivity index is 1.98. The second-order valence-corrected chi connectivity index (χ2v) is 10.5. The van der Waals surface area contributed by atoms with Crippen LogP contribution < -0.4 is 10.1 Å². The zero-order valence-corrected chi connectivity index (χ0v) is 23.4. The maximum absolute atomic E-state index is 14.8. The summed E-state index contributed by atoms with van der Waals surface area (Å²) in [6, 6.07) is 8.12. The van der Waals surface area contributed by atoms with Crippen LogP contribution in [-0.4, -0.2) is 54.6 Å². The standard InChI is InChI=1S/C29H34ClF4N3O3/c1-18(2)13-20(35-12-6-11-27(38)39)17-37-16-19(21-7-4-10-25(40-3)28(21)30)15-36-26(37)14-22-23(29(32,33)34)8-5-9-24(22)31/h4-5,7-10,15,18,20,35H,6,11-14,16-17H2,1-3H3,(H,38,39)/t20-/m1/s1. The molecule has 1 aliphatic rings. The molecule has 0 aromatic heterocycles. The van der Waals surface area contributed by atoms with E-state index in [-0.39, 0.29) is 31.3 Å². The van der Waals surface area contributed by atoms with E-state index in [4.69, 9.17) is 21.4 Å². The number of amidine groups is 1. The summed E-state index contributed by atoms with van der Waals surface area (Å²) in [6.45, 7) is 5.19. The molecule has 6 nitrogen and oxygen atoms in total. The average molecular weight is 584 g/mol. The number of carbonyl (C=O) groups is 1. The first kappa shape index (κ1) is 31.4. The molecule has 0 unspecified atom stereocenters. The van der Waals surface area contributed by atoms with Gasteiger partial charge in [0.25, 0.3) is 0 Å². The molecule has 0 saturated heterocycles. The van der Waals surface area contributed by atoms with Crippen molar-refractivity contribution in [3.8, 4) is 5.75 Å². The van der Waals surface area contributed by atoms with Crippen molar-refractivity contribution >= 4 is 29.0 Å². The van der Waals surface area contributed by atoms with Crippen molar-refractivity contribution in [3.63, 3.8) is 0 Å². The van der Waals surface area contributed by atoms with E-state index in [0.29, 0.717) is 41.7 Å². The molecule has 0 bridgehead atoms. The average Bonchev–Trinajstić information content (AvgIpc) is 2.87. The fraction of sp³-hybridized carbons (Fsp3) is 0.448. The van der Waals surface area contributed by atoms with E-state index < -0.39 is 29.1 Å². The predicted octanol–water partition coefficient (Wildman–Crippen LogP) is 6.67. The third kappa shape index (κ3) is 8.44. The largest absolute Gasteiger partial charge is 0.495 e. The molecule has 2 aromatic rings. The fourth-order valence-electron chi connectivity index (χ4n) is 4.74. The lowest BCUT2D eigenvalue weighted by Gasteiger charge is -2.35. The first-order valence-corrected chi connectivity index (χ1v) is 13.4. The number of hydrogen-bond acceptors (Lipinski definition) is 5. The minimum atomic E-state index is -4.72. The summed E-state index contributed by atoms with van der Waals surface area (Å²) in [5.41, 5.74) is -0.104. The van der Waals surface area contributed by atoms with E-state index in [9.17, 15) is 22.4 Å². The summed E-state index contributed by atoms with van der Waals surface area (Å²) in [5, 5.41) is 12.7. The zero-order chi connectivity index (χ0) is 29.4. The molecule has 0 fully saturated rings. The highest BCUT2D eigenvalue weighted by Crippen LogP contribution is 2.36. The van der Waals surface area contributed by atoms with Crippen molar-refractivity contribution in [1.29, 1.82) is 0 Å². The van der Waals surface area contributed by atoms with Crippen molar-refractivity contribution in [2.45, 2.75) is 51.7 Å². The SMILES string of the molecule is COc1cccc(C2=CN=C(Cc3c(F)cccc3C(F)(F)F)N(C[C@@H](CC(C)C)NCCCC(=O)O)C2)c1Cl. The van der Waals surface area contributed by atoms with Crippen LogP contribution in [0, 0.1) is 11.7 Å². The minimum Gasteiger partial charge on any atom is -0.495 e.